The zero-order chi connectivity index (χ0) is 15.5. The van der Waals surface area contributed by atoms with E-state index < -0.39 is 8.07 Å². The third kappa shape index (κ3) is 3.25. The molecule has 1 aromatic rings. The molecule has 0 atom stereocenters. The maximum Gasteiger partial charge on any atom is 0.0942 e. The highest BCUT2D eigenvalue weighted by Crippen LogP contribution is 2.40. The molecule has 0 bridgehead atoms. The number of benzene rings is 1. The standard InChI is InChI=1S/C19H32Si/c1-14(2)13-18-9-11-19(12-10-18)20(15(3)4,16(5)6)17(7)8/h9-13,15-17H,1-8H3. The summed E-state index contributed by atoms with van der Waals surface area (Å²) in [6.07, 6.45) is 2.26. The van der Waals surface area contributed by atoms with Crippen molar-refractivity contribution in [3.63, 3.8) is 0 Å². The molecule has 0 aromatic heterocycles. The second-order valence-corrected chi connectivity index (χ2v) is 13.1. The zero-order valence-corrected chi connectivity index (χ0v) is 15.6. The van der Waals surface area contributed by atoms with Crippen LogP contribution in [-0.2, 0) is 0 Å². The van der Waals surface area contributed by atoms with Crippen LogP contribution in [-0.4, -0.2) is 8.07 Å². The minimum Gasteiger partial charge on any atom is -0.0758 e. The van der Waals surface area contributed by atoms with Crippen molar-refractivity contribution in [2.24, 2.45) is 0 Å². The van der Waals surface area contributed by atoms with Gasteiger partial charge in [-0.15, -0.1) is 0 Å². The predicted molar refractivity (Wildman–Crippen MR) is 96.4 cm³/mol. The minimum atomic E-state index is -1.49. The van der Waals surface area contributed by atoms with Crippen LogP contribution in [0.4, 0.5) is 0 Å². The van der Waals surface area contributed by atoms with E-state index in [-0.39, 0.29) is 0 Å². The summed E-state index contributed by atoms with van der Waals surface area (Å²) in [6, 6.07) is 9.41. The van der Waals surface area contributed by atoms with Crippen molar-refractivity contribution in [3.8, 4) is 0 Å². The minimum absolute atomic E-state index is 0.775. The predicted octanol–water partition coefficient (Wildman–Crippen LogP) is 6.00. The number of hydrogen-bond donors (Lipinski definition) is 0. The lowest BCUT2D eigenvalue weighted by Crippen LogP contribution is -2.55. The Morgan fingerprint density at radius 1 is 0.800 bits per heavy atom. The molecule has 0 heterocycles. The van der Waals surface area contributed by atoms with Crippen molar-refractivity contribution >= 4 is 19.3 Å². The van der Waals surface area contributed by atoms with Crippen molar-refractivity contribution in [3.05, 3.63) is 35.4 Å². The van der Waals surface area contributed by atoms with Crippen LogP contribution in [0.3, 0.4) is 0 Å². The van der Waals surface area contributed by atoms with Gasteiger partial charge in [0.2, 0.25) is 0 Å². The average Bonchev–Trinajstić information content (AvgIpc) is 2.29. The summed E-state index contributed by atoms with van der Waals surface area (Å²) >= 11 is 0. The molecule has 0 nitrogen and oxygen atoms in total. The Hall–Kier alpha value is -0.823. The van der Waals surface area contributed by atoms with E-state index in [1.165, 1.54) is 11.1 Å². The van der Waals surface area contributed by atoms with Gasteiger partial charge < -0.3 is 0 Å². The van der Waals surface area contributed by atoms with Crippen molar-refractivity contribution in [2.75, 3.05) is 0 Å². The lowest BCUT2D eigenvalue weighted by Gasteiger charge is -2.43. The molecule has 1 rings (SSSR count). The van der Waals surface area contributed by atoms with Gasteiger partial charge in [-0.2, -0.15) is 0 Å². The molecule has 0 N–H and O–H groups in total. The molecule has 0 aliphatic heterocycles. The first kappa shape index (κ1) is 17.2. The molecule has 0 radical (unpaired) electrons. The van der Waals surface area contributed by atoms with Crippen LogP contribution in [0.1, 0.15) is 61.0 Å². The molecule has 20 heavy (non-hydrogen) atoms. The summed E-state index contributed by atoms with van der Waals surface area (Å²) in [7, 11) is -1.49. The van der Waals surface area contributed by atoms with Gasteiger partial charge in [-0.1, -0.05) is 82.6 Å². The molecule has 0 aliphatic carbocycles. The van der Waals surface area contributed by atoms with Crippen LogP contribution in [0.5, 0.6) is 0 Å². The van der Waals surface area contributed by atoms with E-state index in [9.17, 15) is 0 Å². The third-order valence-electron chi connectivity index (χ3n) is 4.73. The molecular formula is C19H32Si. The lowest BCUT2D eigenvalue weighted by molar-refractivity contribution is 0.835. The Kier molecular flexibility index (Phi) is 5.82. The number of allylic oxidation sites excluding steroid dienone is 1. The topological polar surface area (TPSA) is 0 Å². The van der Waals surface area contributed by atoms with Gasteiger partial charge in [0.15, 0.2) is 0 Å². The van der Waals surface area contributed by atoms with E-state index in [4.69, 9.17) is 0 Å². The molecule has 0 unspecified atom stereocenters. The normalized spacial score (nSPS) is 12.3. The van der Waals surface area contributed by atoms with Gasteiger partial charge in [0, 0.05) is 0 Å². The van der Waals surface area contributed by atoms with Crippen LogP contribution in [0.2, 0.25) is 16.6 Å². The first-order valence-electron chi connectivity index (χ1n) is 7.98. The Morgan fingerprint density at radius 3 is 1.50 bits per heavy atom. The van der Waals surface area contributed by atoms with E-state index >= 15 is 0 Å². The van der Waals surface area contributed by atoms with E-state index in [2.05, 4.69) is 85.7 Å². The maximum atomic E-state index is 2.43. The molecule has 1 aromatic carbocycles. The fraction of sp³-hybridized carbons (Fsp3) is 0.579. The SMILES string of the molecule is CC(C)=Cc1ccc([Si](C(C)C)(C(C)C)C(C)C)cc1. The quantitative estimate of drug-likeness (QED) is 0.583. The summed E-state index contributed by atoms with van der Waals surface area (Å²) in [5.74, 6) is 0. The van der Waals surface area contributed by atoms with Crippen LogP contribution >= 0.6 is 0 Å². The van der Waals surface area contributed by atoms with E-state index in [1.54, 1.807) is 5.19 Å². The second-order valence-electron chi connectivity index (χ2n) is 7.24. The largest absolute Gasteiger partial charge is 0.0942 e. The van der Waals surface area contributed by atoms with E-state index in [0.717, 1.165) is 16.6 Å². The van der Waals surface area contributed by atoms with E-state index in [1.807, 2.05) is 0 Å². The fourth-order valence-corrected chi connectivity index (χ4v) is 10.9. The first-order chi connectivity index (χ1) is 9.22. The van der Waals surface area contributed by atoms with Crippen LogP contribution in [0.15, 0.2) is 29.8 Å². The van der Waals surface area contributed by atoms with Crippen molar-refractivity contribution in [1.82, 2.24) is 0 Å². The molecule has 0 fully saturated rings. The lowest BCUT2D eigenvalue weighted by atomic mass is 10.1. The highest BCUT2D eigenvalue weighted by atomic mass is 28.3. The second kappa shape index (κ2) is 6.75. The summed E-state index contributed by atoms with van der Waals surface area (Å²) in [6.45, 7) is 18.9. The highest BCUT2D eigenvalue weighted by molar-refractivity contribution is 6.95. The van der Waals surface area contributed by atoms with Gasteiger partial charge in [-0.05, 0) is 36.0 Å². The monoisotopic (exact) mass is 288 g/mol. The van der Waals surface area contributed by atoms with Gasteiger partial charge in [-0.25, -0.2) is 0 Å². The highest BCUT2D eigenvalue weighted by Gasteiger charge is 2.43. The Bertz CT molecular complexity index is 423. The van der Waals surface area contributed by atoms with Gasteiger partial charge in [0.25, 0.3) is 0 Å². The van der Waals surface area contributed by atoms with Crippen molar-refractivity contribution in [2.45, 2.75) is 72.0 Å². The molecular weight excluding hydrogens is 256 g/mol. The molecule has 0 aliphatic rings. The molecule has 1 heteroatoms. The van der Waals surface area contributed by atoms with Gasteiger partial charge in [0.1, 0.15) is 0 Å². The maximum absolute atomic E-state index is 2.43. The van der Waals surface area contributed by atoms with Crippen LogP contribution < -0.4 is 5.19 Å². The number of hydrogen-bond acceptors (Lipinski definition) is 0. The zero-order valence-electron chi connectivity index (χ0n) is 14.6. The molecule has 0 saturated heterocycles. The van der Waals surface area contributed by atoms with Gasteiger partial charge in [-0.3, -0.25) is 0 Å². The van der Waals surface area contributed by atoms with Crippen LogP contribution in [0.25, 0.3) is 6.08 Å². The van der Waals surface area contributed by atoms with Crippen LogP contribution in [0, 0.1) is 0 Å². The number of rotatable bonds is 5. The molecule has 0 amide bonds. The first-order valence-corrected chi connectivity index (χ1v) is 10.2. The summed E-state index contributed by atoms with van der Waals surface area (Å²) < 4.78 is 0. The third-order valence-corrected chi connectivity index (χ3v) is 11.8. The fourth-order valence-electron chi connectivity index (χ4n) is 4.20. The molecule has 0 saturated carbocycles. The summed E-state index contributed by atoms with van der Waals surface area (Å²) in [5, 5.41) is 1.63. The molecule has 0 spiro atoms. The van der Waals surface area contributed by atoms with Gasteiger partial charge >= 0.3 is 0 Å². The molecule has 112 valence electrons. The van der Waals surface area contributed by atoms with Crippen molar-refractivity contribution in [1.29, 1.82) is 0 Å². The Balaban J connectivity index is 3.32. The van der Waals surface area contributed by atoms with E-state index in [0.29, 0.717) is 0 Å². The average molecular weight is 289 g/mol. The van der Waals surface area contributed by atoms with Gasteiger partial charge in [0.05, 0.1) is 8.07 Å². The smallest absolute Gasteiger partial charge is 0.0758 e. The Labute approximate surface area is 127 Å². The Morgan fingerprint density at radius 2 is 1.20 bits per heavy atom. The summed E-state index contributed by atoms with van der Waals surface area (Å²) in [5.41, 5.74) is 5.01. The summed E-state index contributed by atoms with van der Waals surface area (Å²) in [4.78, 5) is 0. The van der Waals surface area contributed by atoms with Crippen molar-refractivity contribution < 1.29 is 0 Å².